The quantitative estimate of drug-likeness (QED) is 0.342. The summed E-state index contributed by atoms with van der Waals surface area (Å²) in [5, 5.41) is 2.65. The minimum absolute atomic E-state index is 0.0673. The van der Waals surface area contributed by atoms with Crippen LogP contribution in [-0.2, 0) is 0 Å². The van der Waals surface area contributed by atoms with Gasteiger partial charge in [-0.05, 0) is 60.7 Å². The van der Waals surface area contributed by atoms with Gasteiger partial charge in [-0.25, -0.2) is 0 Å². The van der Waals surface area contributed by atoms with E-state index in [2.05, 4.69) is 157 Å². The Balaban J connectivity index is 2.49. The van der Waals surface area contributed by atoms with E-state index in [9.17, 15) is 0 Å². The van der Waals surface area contributed by atoms with Crippen molar-refractivity contribution in [1.82, 2.24) is 0 Å². The van der Waals surface area contributed by atoms with Crippen molar-refractivity contribution in [2.24, 2.45) is 0 Å². The van der Waals surface area contributed by atoms with Gasteiger partial charge in [0.1, 0.15) is 0 Å². The highest BCUT2D eigenvalue weighted by Gasteiger charge is 2.52. The molecule has 1 atom stereocenters. The first-order valence-electron chi connectivity index (χ1n) is 13.9. The van der Waals surface area contributed by atoms with E-state index in [1.807, 2.05) is 0 Å². The molecule has 0 fully saturated rings. The fraction of sp³-hybridized carbons (Fsp3) is 0.543. The van der Waals surface area contributed by atoms with Crippen LogP contribution in [0.25, 0.3) is 11.1 Å². The van der Waals surface area contributed by atoms with E-state index in [0.717, 1.165) is 6.42 Å². The van der Waals surface area contributed by atoms with Crippen molar-refractivity contribution in [3.05, 3.63) is 83.2 Å². The van der Waals surface area contributed by atoms with Crippen molar-refractivity contribution in [1.29, 1.82) is 0 Å². The van der Waals surface area contributed by atoms with E-state index in [1.54, 1.807) is 5.31 Å². The third kappa shape index (κ3) is 6.51. The highest BCUT2D eigenvalue weighted by atomic mass is 31.1. The second-order valence-electron chi connectivity index (χ2n) is 15.0. The average Bonchev–Trinajstić information content (AvgIpc) is 2.70. The number of hydrogen-bond acceptors (Lipinski definition) is 0. The van der Waals surface area contributed by atoms with Gasteiger partial charge < -0.3 is 0 Å². The summed E-state index contributed by atoms with van der Waals surface area (Å²) in [4.78, 5) is 0. The van der Waals surface area contributed by atoms with Crippen LogP contribution in [0.15, 0.2) is 72.1 Å². The van der Waals surface area contributed by atoms with Crippen LogP contribution in [0, 0.1) is 0 Å². The summed E-state index contributed by atoms with van der Waals surface area (Å²) in [6.07, 6.45) is 3.77. The Morgan fingerprint density at radius 2 is 0.973 bits per heavy atom. The first-order chi connectivity index (χ1) is 16.8. The second-order valence-corrected chi connectivity index (χ2v) is 23.2. The Morgan fingerprint density at radius 3 is 1.35 bits per heavy atom. The van der Waals surface area contributed by atoms with Crippen molar-refractivity contribution in [3.8, 4) is 0 Å². The third-order valence-electron chi connectivity index (χ3n) is 7.31. The van der Waals surface area contributed by atoms with E-state index in [1.165, 1.54) is 22.3 Å². The molecule has 0 amide bonds. The molecular weight excluding hydrogens is 482 g/mol. The van der Waals surface area contributed by atoms with Gasteiger partial charge in [0.05, 0.1) is 0 Å². The van der Waals surface area contributed by atoms with Crippen molar-refractivity contribution in [3.63, 3.8) is 0 Å². The number of hydrogen-bond donors (Lipinski definition) is 0. The Hall–Kier alpha value is -1.22. The highest BCUT2D eigenvalue weighted by Crippen LogP contribution is 2.77. The van der Waals surface area contributed by atoms with Crippen LogP contribution in [0.1, 0.15) is 108 Å². The molecule has 2 aromatic carbocycles. The fourth-order valence-electron chi connectivity index (χ4n) is 7.48. The minimum atomic E-state index is -0.421. The van der Waals surface area contributed by atoms with E-state index in [-0.39, 0.29) is 25.8 Å². The molecule has 202 valence electrons. The van der Waals surface area contributed by atoms with Crippen LogP contribution in [0.4, 0.5) is 0 Å². The molecule has 1 aliphatic rings. The SMILES string of the molecule is CC(C)(C)P(C1=C(c2ccccc2)C=C(c2ccccc2)C(C)(P(C(C)(C)C)C(C)(C)C)C1)C(C)(C)C. The molecule has 0 spiro atoms. The van der Waals surface area contributed by atoms with Gasteiger partial charge >= 0.3 is 0 Å². The second kappa shape index (κ2) is 10.4. The molecule has 2 heteroatoms. The zero-order chi connectivity index (χ0) is 28.0. The lowest BCUT2D eigenvalue weighted by atomic mass is 9.82. The van der Waals surface area contributed by atoms with Gasteiger partial charge in [0.2, 0.25) is 0 Å². The summed E-state index contributed by atoms with van der Waals surface area (Å²) in [5.74, 6) is 0. The van der Waals surface area contributed by atoms with E-state index in [0.29, 0.717) is 0 Å². The molecule has 0 bridgehead atoms. The minimum Gasteiger partial charge on any atom is -0.0846 e. The summed E-state index contributed by atoms with van der Waals surface area (Å²) >= 11 is 0. The number of rotatable bonds is 4. The largest absolute Gasteiger partial charge is 0.0846 e. The molecule has 0 heterocycles. The smallest absolute Gasteiger partial charge is 0.0183 e. The van der Waals surface area contributed by atoms with Gasteiger partial charge in [0.15, 0.2) is 0 Å². The van der Waals surface area contributed by atoms with E-state index < -0.39 is 15.8 Å². The van der Waals surface area contributed by atoms with Gasteiger partial charge in [-0.15, -0.1) is 0 Å². The van der Waals surface area contributed by atoms with Gasteiger partial charge in [-0.3, -0.25) is 0 Å². The molecule has 0 aliphatic heterocycles. The molecule has 0 N–H and O–H groups in total. The Morgan fingerprint density at radius 1 is 0.568 bits per heavy atom. The summed E-state index contributed by atoms with van der Waals surface area (Å²) < 4.78 is 0. The molecule has 0 saturated carbocycles. The first kappa shape index (κ1) is 30.3. The van der Waals surface area contributed by atoms with Crippen molar-refractivity contribution < 1.29 is 0 Å². The van der Waals surface area contributed by atoms with Crippen LogP contribution >= 0.6 is 15.8 Å². The lowest BCUT2D eigenvalue weighted by Crippen LogP contribution is -2.41. The van der Waals surface area contributed by atoms with Crippen LogP contribution in [0.5, 0.6) is 0 Å². The van der Waals surface area contributed by atoms with Crippen LogP contribution in [-0.4, -0.2) is 25.8 Å². The molecule has 0 saturated heterocycles. The summed E-state index contributed by atoms with van der Waals surface area (Å²) in [5.41, 5.74) is 5.76. The van der Waals surface area contributed by atoms with E-state index in [4.69, 9.17) is 0 Å². The van der Waals surface area contributed by atoms with Crippen LogP contribution in [0.2, 0.25) is 0 Å². The lowest BCUT2D eigenvalue weighted by Gasteiger charge is -2.57. The predicted molar refractivity (Wildman–Crippen MR) is 174 cm³/mol. The maximum atomic E-state index is 2.63. The van der Waals surface area contributed by atoms with Crippen molar-refractivity contribution >= 4 is 27.0 Å². The fourth-order valence-corrected chi connectivity index (χ4v) is 17.9. The third-order valence-corrected chi connectivity index (χ3v) is 15.0. The van der Waals surface area contributed by atoms with Gasteiger partial charge in [-0.1, -0.05) is 167 Å². The topological polar surface area (TPSA) is 0 Å². The molecular formula is C35H52P2. The van der Waals surface area contributed by atoms with Gasteiger partial charge in [0, 0.05) is 5.16 Å². The predicted octanol–water partition coefficient (Wildman–Crippen LogP) is 11.8. The maximum Gasteiger partial charge on any atom is 0.0183 e. The lowest BCUT2D eigenvalue weighted by molar-refractivity contribution is 0.647. The highest BCUT2D eigenvalue weighted by molar-refractivity contribution is 7.66. The number of allylic oxidation sites excluding steroid dienone is 4. The molecule has 0 aromatic heterocycles. The molecule has 1 aliphatic carbocycles. The molecule has 0 nitrogen and oxygen atoms in total. The van der Waals surface area contributed by atoms with Crippen molar-refractivity contribution in [2.45, 2.75) is 122 Å². The molecule has 1 unspecified atom stereocenters. The van der Waals surface area contributed by atoms with Gasteiger partial charge in [0.25, 0.3) is 0 Å². The zero-order valence-electron chi connectivity index (χ0n) is 26.0. The summed E-state index contributed by atoms with van der Waals surface area (Å²) in [7, 11) is -0.830. The first-order valence-corrected chi connectivity index (χ1v) is 16.6. The zero-order valence-corrected chi connectivity index (χ0v) is 27.7. The summed E-state index contributed by atoms with van der Waals surface area (Å²) in [6, 6.07) is 22.5. The Kier molecular flexibility index (Phi) is 8.52. The van der Waals surface area contributed by atoms with Crippen molar-refractivity contribution in [2.75, 3.05) is 0 Å². The standard InChI is InChI=1S/C35H52P2/c1-31(2,3)36(32(4,5)6)30-25-35(13,37(33(7,8)9)34(10,11)12)29(27-22-18-15-19-23-27)24-28(30)26-20-16-14-17-21-26/h14-24H,25H2,1-13H3. The van der Waals surface area contributed by atoms with Crippen LogP contribution in [0.3, 0.4) is 0 Å². The molecule has 0 radical (unpaired) electrons. The summed E-state index contributed by atoms with van der Waals surface area (Å²) in [6.45, 7) is 32.4. The average molecular weight is 535 g/mol. The normalized spacial score (nSPS) is 20.0. The van der Waals surface area contributed by atoms with E-state index >= 15 is 0 Å². The molecule has 37 heavy (non-hydrogen) atoms. The maximum absolute atomic E-state index is 2.63. The Bertz CT molecular complexity index is 1100. The van der Waals surface area contributed by atoms with Crippen LogP contribution < -0.4 is 0 Å². The van der Waals surface area contributed by atoms with Gasteiger partial charge in [-0.2, -0.15) is 0 Å². The molecule has 2 aromatic rings. The number of benzene rings is 2. The molecule has 3 rings (SSSR count). The monoisotopic (exact) mass is 534 g/mol. The Labute approximate surface area is 231 Å².